The van der Waals surface area contributed by atoms with E-state index < -0.39 is 0 Å². The molecule has 1 aromatic heterocycles. The van der Waals surface area contributed by atoms with Gasteiger partial charge in [-0.1, -0.05) is 47.2 Å². The number of aromatic hydroxyl groups is 1. The number of halogens is 1. The van der Waals surface area contributed by atoms with Gasteiger partial charge >= 0.3 is 4.87 Å². The Morgan fingerprint density at radius 2 is 1.93 bits per heavy atom. The van der Waals surface area contributed by atoms with Gasteiger partial charge in [-0.2, -0.15) is 0 Å². The minimum atomic E-state index is -0.267. The highest BCUT2D eigenvalue weighted by molar-refractivity contribution is 7.09. The molecule has 0 radical (unpaired) electrons. The smallest absolute Gasteiger partial charge is 0.307 e. The Bertz CT molecular complexity index is 1030. The highest BCUT2D eigenvalue weighted by Crippen LogP contribution is 2.23. The zero-order valence-corrected chi connectivity index (χ0v) is 16.7. The van der Waals surface area contributed by atoms with Gasteiger partial charge in [-0.15, -0.1) is 0 Å². The van der Waals surface area contributed by atoms with Crippen LogP contribution in [0.1, 0.15) is 26.4 Å². The summed E-state index contributed by atoms with van der Waals surface area (Å²) in [7, 11) is 1.51. The summed E-state index contributed by atoms with van der Waals surface area (Å²) in [5, 5.41) is 13.0. The number of carbonyl (C=O) groups is 1. The third-order valence-corrected chi connectivity index (χ3v) is 5.30. The first-order valence-corrected chi connectivity index (χ1v) is 9.76. The number of aromatic nitrogens is 1. The fraction of sp³-hybridized carbons (Fsp3) is 0.200. The Hall–Kier alpha value is -2.77. The Balaban J connectivity index is 1.55. The van der Waals surface area contributed by atoms with Gasteiger partial charge in [-0.25, -0.2) is 0 Å². The van der Waals surface area contributed by atoms with Crippen molar-refractivity contribution in [1.82, 2.24) is 10.3 Å². The van der Waals surface area contributed by atoms with Gasteiger partial charge in [-0.05, 0) is 35.7 Å². The van der Waals surface area contributed by atoms with E-state index in [-0.39, 0.29) is 16.7 Å². The van der Waals surface area contributed by atoms with Crippen LogP contribution >= 0.6 is 22.9 Å². The lowest BCUT2D eigenvalue weighted by atomic mass is 10.1. The van der Waals surface area contributed by atoms with Crippen LogP contribution < -0.4 is 14.9 Å². The lowest BCUT2D eigenvalue weighted by molar-refractivity contribution is 0.0951. The number of carbonyl (C=O) groups excluding carboxylic acids is 1. The van der Waals surface area contributed by atoms with Gasteiger partial charge in [-0.3, -0.25) is 14.6 Å². The number of aromatic amines is 1. The molecule has 0 bridgehead atoms. The molecule has 3 aromatic rings. The summed E-state index contributed by atoms with van der Waals surface area (Å²) in [6.45, 7) is 0.466. The fourth-order valence-corrected chi connectivity index (χ4v) is 3.68. The van der Waals surface area contributed by atoms with Crippen LogP contribution in [0.4, 0.5) is 0 Å². The average Bonchev–Trinajstić information content (AvgIpc) is 3.00. The summed E-state index contributed by atoms with van der Waals surface area (Å²) >= 11 is 6.97. The van der Waals surface area contributed by atoms with Gasteiger partial charge in [0.15, 0.2) is 0 Å². The van der Waals surface area contributed by atoms with Crippen LogP contribution in [-0.2, 0) is 12.8 Å². The molecule has 0 spiro atoms. The van der Waals surface area contributed by atoms with Gasteiger partial charge in [0, 0.05) is 18.0 Å². The van der Waals surface area contributed by atoms with E-state index in [1.807, 2.05) is 24.3 Å². The molecule has 146 valence electrons. The SMILES string of the molecule is COc1ccc(Cl)cc1C(=O)NCCc1ccc(Cc2sc(=O)[nH]c2O)cc1. The molecule has 28 heavy (non-hydrogen) atoms. The minimum Gasteiger partial charge on any atom is -0.496 e. The molecule has 3 rings (SSSR count). The zero-order valence-electron chi connectivity index (χ0n) is 15.1. The van der Waals surface area contributed by atoms with Crippen molar-refractivity contribution in [3.05, 3.63) is 78.7 Å². The Kier molecular flexibility index (Phi) is 6.38. The number of methoxy groups -OCH3 is 1. The number of rotatable bonds is 7. The van der Waals surface area contributed by atoms with Gasteiger partial charge in [0.2, 0.25) is 5.88 Å². The van der Waals surface area contributed by atoms with Crippen molar-refractivity contribution >= 4 is 28.8 Å². The van der Waals surface area contributed by atoms with Gasteiger partial charge < -0.3 is 15.2 Å². The van der Waals surface area contributed by atoms with Crippen molar-refractivity contribution < 1.29 is 14.6 Å². The van der Waals surface area contributed by atoms with Crippen LogP contribution in [0.2, 0.25) is 5.02 Å². The molecule has 3 N–H and O–H groups in total. The van der Waals surface area contributed by atoms with E-state index in [0.717, 1.165) is 22.5 Å². The summed E-state index contributed by atoms with van der Waals surface area (Å²) in [5.74, 6) is 0.161. The van der Waals surface area contributed by atoms with Crippen molar-refractivity contribution in [2.24, 2.45) is 0 Å². The molecule has 1 amide bonds. The number of nitrogens with one attached hydrogen (secondary N) is 2. The Morgan fingerprint density at radius 3 is 2.57 bits per heavy atom. The van der Waals surface area contributed by atoms with Gasteiger partial charge in [0.1, 0.15) is 5.75 Å². The number of hydrogen-bond donors (Lipinski definition) is 3. The van der Waals surface area contributed by atoms with E-state index >= 15 is 0 Å². The predicted octanol–water partition coefficient (Wildman–Crippen LogP) is 3.37. The van der Waals surface area contributed by atoms with Crippen molar-refractivity contribution in [3.8, 4) is 11.6 Å². The van der Waals surface area contributed by atoms with Crippen molar-refractivity contribution in [3.63, 3.8) is 0 Å². The normalized spacial score (nSPS) is 10.6. The fourth-order valence-electron chi connectivity index (χ4n) is 2.75. The molecule has 0 saturated heterocycles. The maximum Gasteiger partial charge on any atom is 0.307 e. The van der Waals surface area contributed by atoms with Crippen LogP contribution in [0, 0.1) is 0 Å². The highest BCUT2D eigenvalue weighted by atomic mass is 35.5. The van der Waals surface area contributed by atoms with Crippen LogP contribution in [0.3, 0.4) is 0 Å². The zero-order chi connectivity index (χ0) is 20.1. The van der Waals surface area contributed by atoms with Crippen molar-refractivity contribution in [2.45, 2.75) is 12.8 Å². The largest absolute Gasteiger partial charge is 0.496 e. The topological polar surface area (TPSA) is 91.4 Å². The number of ether oxygens (including phenoxy) is 1. The lowest BCUT2D eigenvalue weighted by Crippen LogP contribution is -2.26. The molecule has 6 nitrogen and oxygen atoms in total. The van der Waals surface area contributed by atoms with E-state index in [4.69, 9.17) is 16.3 Å². The predicted molar refractivity (Wildman–Crippen MR) is 110 cm³/mol. The molecule has 0 unspecified atom stereocenters. The lowest BCUT2D eigenvalue weighted by Gasteiger charge is -2.10. The van der Waals surface area contributed by atoms with Gasteiger partial charge in [0.25, 0.3) is 5.91 Å². The molecule has 2 aromatic carbocycles. The maximum atomic E-state index is 12.4. The third-order valence-electron chi connectivity index (χ3n) is 4.19. The minimum absolute atomic E-state index is 0.0711. The standard InChI is InChI=1S/C20H19ClN2O4S/c1-27-16-7-6-14(21)11-15(16)18(24)22-9-8-12-2-4-13(5-3-12)10-17-19(25)23-20(26)28-17/h2-7,11,25H,8-10H2,1H3,(H,22,24)(H,23,26). The first kappa shape index (κ1) is 20.0. The van der Waals surface area contributed by atoms with E-state index in [9.17, 15) is 14.7 Å². The van der Waals surface area contributed by atoms with E-state index in [1.165, 1.54) is 7.11 Å². The van der Waals surface area contributed by atoms with Crippen molar-refractivity contribution in [2.75, 3.05) is 13.7 Å². The first-order valence-electron chi connectivity index (χ1n) is 8.57. The molecule has 0 saturated carbocycles. The molecule has 0 fully saturated rings. The highest BCUT2D eigenvalue weighted by Gasteiger charge is 2.12. The number of benzene rings is 2. The molecular weight excluding hydrogens is 400 g/mol. The molecule has 0 aliphatic rings. The summed E-state index contributed by atoms with van der Waals surface area (Å²) in [6.07, 6.45) is 1.15. The Labute approximate surface area is 170 Å². The monoisotopic (exact) mass is 418 g/mol. The molecular formula is C20H19ClN2O4S. The van der Waals surface area contributed by atoms with E-state index in [2.05, 4.69) is 10.3 Å². The second-order valence-corrected chi connectivity index (χ2v) is 7.63. The second-order valence-electron chi connectivity index (χ2n) is 6.13. The Morgan fingerprint density at radius 1 is 1.21 bits per heavy atom. The molecule has 8 heteroatoms. The van der Waals surface area contributed by atoms with E-state index in [0.29, 0.717) is 40.6 Å². The molecule has 0 atom stereocenters. The number of amides is 1. The van der Waals surface area contributed by atoms with Crippen LogP contribution in [0.15, 0.2) is 47.3 Å². The molecule has 0 aliphatic heterocycles. The van der Waals surface area contributed by atoms with Crippen molar-refractivity contribution in [1.29, 1.82) is 0 Å². The number of H-pyrrole nitrogens is 1. The maximum absolute atomic E-state index is 12.4. The summed E-state index contributed by atoms with van der Waals surface area (Å²) in [4.78, 5) is 26.3. The third kappa shape index (κ3) is 4.94. The van der Waals surface area contributed by atoms with Crippen LogP contribution in [-0.4, -0.2) is 29.7 Å². The van der Waals surface area contributed by atoms with Crippen LogP contribution in [0.25, 0.3) is 0 Å². The van der Waals surface area contributed by atoms with Crippen LogP contribution in [0.5, 0.6) is 11.6 Å². The number of thiazole rings is 1. The molecule has 1 heterocycles. The average molecular weight is 419 g/mol. The van der Waals surface area contributed by atoms with Gasteiger partial charge in [0.05, 0.1) is 17.6 Å². The van der Waals surface area contributed by atoms with E-state index in [1.54, 1.807) is 18.2 Å². The quantitative estimate of drug-likeness (QED) is 0.548. The second kappa shape index (κ2) is 8.95. The first-order chi connectivity index (χ1) is 13.5. The molecule has 0 aliphatic carbocycles. The summed E-state index contributed by atoms with van der Waals surface area (Å²) in [6, 6.07) is 12.7. The summed E-state index contributed by atoms with van der Waals surface area (Å²) < 4.78 is 5.20. The number of hydrogen-bond acceptors (Lipinski definition) is 5. The summed E-state index contributed by atoms with van der Waals surface area (Å²) in [5.41, 5.74) is 2.45.